The minimum absolute atomic E-state index is 0.0868. The molecule has 0 atom stereocenters. The third-order valence-electron chi connectivity index (χ3n) is 2.40. The highest BCUT2D eigenvalue weighted by Gasteiger charge is 2.06. The third kappa shape index (κ3) is 1.15. The highest BCUT2D eigenvalue weighted by atomic mass is 16.3. The first-order chi connectivity index (χ1) is 6.20. The van der Waals surface area contributed by atoms with Gasteiger partial charge in [-0.3, -0.25) is 0 Å². The van der Waals surface area contributed by atoms with Crippen molar-refractivity contribution in [2.45, 2.75) is 6.92 Å². The fourth-order valence-electron chi connectivity index (χ4n) is 1.53. The summed E-state index contributed by atoms with van der Waals surface area (Å²) in [6.45, 7) is 1.99. The van der Waals surface area contributed by atoms with Crippen molar-refractivity contribution in [3.8, 4) is 5.75 Å². The highest BCUT2D eigenvalue weighted by molar-refractivity contribution is 5.80. The van der Waals surface area contributed by atoms with E-state index in [1.165, 1.54) is 0 Å². The number of para-hydroxylation sites is 1. The van der Waals surface area contributed by atoms with Gasteiger partial charge in [-0.25, -0.2) is 0 Å². The molecule has 0 aliphatic rings. The summed E-state index contributed by atoms with van der Waals surface area (Å²) in [7, 11) is 1.92. The van der Waals surface area contributed by atoms with Crippen molar-refractivity contribution in [1.82, 2.24) is 0 Å². The Hall–Kier alpha value is -1.57. The predicted molar refractivity (Wildman–Crippen MR) is 49.3 cm³/mol. The first-order valence-corrected chi connectivity index (χ1v) is 4.25. The molecule has 2 aromatic rings. The number of benzene rings is 1. The standard InChI is InChI=1S/C11H11NO/c1-8-6-7-9-4-3-5-10(13)11(9)12(8)2/h3-7H,1-2H3. The lowest BCUT2D eigenvalue weighted by Gasteiger charge is -2.07. The summed E-state index contributed by atoms with van der Waals surface area (Å²) in [5, 5.41) is 12.5. The van der Waals surface area contributed by atoms with Gasteiger partial charge in [-0.05, 0) is 17.9 Å². The van der Waals surface area contributed by atoms with Crippen LogP contribution in [-0.2, 0) is 7.05 Å². The Bertz CT molecular complexity index is 463. The molecule has 66 valence electrons. The van der Waals surface area contributed by atoms with Crippen LogP contribution in [0.25, 0.3) is 10.9 Å². The SMILES string of the molecule is Cc1ccc2cccc([O-])c2[n+]1C. The number of aryl methyl sites for hydroxylation is 2. The molecule has 0 spiro atoms. The summed E-state index contributed by atoms with van der Waals surface area (Å²) in [5.41, 5.74) is 1.87. The van der Waals surface area contributed by atoms with E-state index >= 15 is 0 Å². The van der Waals surface area contributed by atoms with Crippen molar-refractivity contribution in [3.05, 3.63) is 36.0 Å². The molecular formula is C11H11NO. The minimum Gasteiger partial charge on any atom is -0.868 e. The number of hydrogen-bond donors (Lipinski definition) is 0. The maximum absolute atomic E-state index is 11.5. The van der Waals surface area contributed by atoms with Crippen LogP contribution in [0.5, 0.6) is 5.75 Å². The van der Waals surface area contributed by atoms with Gasteiger partial charge in [-0.15, -0.1) is 0 Å². The molecule has 13 heavy (non-hydrogen) atoms. The van der Waals surface area contributed by atoms with E-state index < -0.39 is 0 Å². The van der Waals surface area contributed by atoms with Crippen LogP contribution in [-0.4, -0.2) is 0 Å². The van der Waals surface area contributed by atoms with Gasteiger partial charge in [0.15, 0.2) is 5.69 Å². The molecule has 0 fully saturated rings. The van der Waals surface area contributed by atoms with E-state index in [2.05, 4.69) is 0 Å². The smallest absolute Gasteiger partial charge is 0.204 e. The molecule has 0 bridgehead atoms. The van der Waals surface area contributed by atoms with E-state index in [0.717, 1.165) is 16.6 Å². The second kappa shape index (κ2) is 2.73. The van der Waals surface area contributed by atoms with Gasteiger partial charge in [0.1, 0.15) is 7.05 Å². The highest BCUT2D eigenvalue weighted by Crippen LogP contribution is 2.17. The normalized spacial score (nSPS) is 10.6. The number of nitrogens with zero attached hydrogens (tertiary/aromatic N) is 1. The number of rotatable bonds is 0. The first-order valence-electron chi connectivity index (χ1n) is 4.25. The number of pyridine rings is 1. The Morgan fingerprint density at radius 1 is 1.15 bits per heavy atom. The van der Waals surface area contributed by atoms with Crippen molar-refractivity contribution >= 4 is 10.9 Å². The summed E-state index contributed by atoms with van der Waals surface area (Å²) in [6.07, 6.45) is 0. The van der Waals surface area contributed by atoms with Crippen molar-refractivity contribution in [1.29, 1.82) is 0 Å². The fraction of sp³-hybridized carbons (Fsp3) is 0.182. The molecule has 0 unspecified atom stereocenters. The van der Waals surface area contributed by atoms with Crippen LogP contribution < -0.4 is 9.67 Å². The topological polar surface area (TPSA) is 26.9 Å². The monoisotopic (exact) mass is 173 g/mol. The van der Waals surface area contributed by atoms with Crippen LogP contribution >= 0.6 is 0 Å². The minimum atomic E-state index is 0.0868. The molecule has 0 radical (unpaired) electrons. The molecule has 0 amide bonds. The second-order valence-electron chi connectivity index (χ2n) is 3.23. The van der Waals surface area contributed by atoms with Gasteiger partial charge in [0.25, 0.3) is 0 Å². The maximum atomic E-state index is 11.5. The Labute approximate surface area is 77.1 Å². The summed E-state index contributed by atoms with van der Waals surface area (Å²) in [5.74, 6) is 0.0868. The van der Waals surface area contributed by atoms with Crippen molar-refractivity contribution < 1.29 is 9.67 Å². The molecule has 0 aliphatic carbocycles. The van der Waals surface area contributed by atoms with Gasteiger partial charge in [0.2, 0.25) is 5.52 Å². The Kier molecular flexibility index (Phi) is 1.69. The van der Waals surface area contributed by atoms with Crippen LogP contribution in [0.15, 0.2) is 30.3 Å². The van der Waals surface area contributed by atoms with E-state index in [0.29, 0.717) is 0 Å². The van der Waals surface area contributed by atoms with Crippen LogP contribution in [0.2, 0.25) is 0 Å². The van der Waals surface area contributed by atoms with Crippen molar-refractivity contribution in [2.75, 3.05) is 0 Å². The van der Waals surface area contributed by atoms with Gasteiger partial charge < -0.3 is 5.11 Å². The molecule has 1 aromatic carbocycles. The zero-order chi connectivity index (χ0) is 9.42. The Morgan fingerprint density at radius 2 is 1.92 bits per heavy atom. The third-order valence-corrected chi connectivity index (χ3v) is 2.40. The van der Waals surface area contributed by atoms with Crippen molar-refractivity contribution in [3.63, 3.8) is 0 Å². The number of hydrogen-bond acceptors (Lipinski definition) is 1. The summed E-state index contributed by atoms with van der Waals surface area (Å²) in [4.78, 5) is 0. The molecule has 1 aromatic heterocycles. The van der Waals surface area contributed by atoms with Crippen molar-refractivity contribution in [2.24, 2.45) is 7.05 Å². The lowest BCUT2D eigenvalue weighted by Crippen LogP contribution is -2.33. The van der Waals surface area contributed by atoms with Gasteiger partial charge >= 0.3 is 0 Å². The van der Waals surface area contributed by atoms with E-state index in [1.54, 1.807) is 12.1 Å². The summed E-state index contributed by atoms with van der Waals surface area (Å²) >= 11 is 0. The van der Waals surface area contributed by atoms with Gasteiger partial charge in [0.05, 0.1) is 0 Å². The first kappa shape index (κ1) is 8.05. The molecule has 0 N–H and O–H groups in total. The number of aromatic nitrogens is 1. The predicted octanol–water partition coefficient (Wildman–Crippen LogP) is 1.05. The molecule has 1 heterocycles. The fourth-order valence-corrected chi connectivity index (χ4v) is 1.53. The lowest BCUT2D eigenvalue weighted by atomic mass is 10.2. The van der Waals surface area contributed by atoms with E-state index in [-0.39, 0.29) is 5.75 Å². The molecular weight excluding hydrogens is 162 g/mol. The lowest BCUT2D eigenvalue weighted by molar-refractivity contribution is -0.653. The van der Waals surface area contributed by atoms with E-state index in [9.17, 15) is 5.11 Å². The molecule has 0 aliphatic heterocycles. The molecule has 0 saturated heterocycles. The Morgan fingerprint density at radius 3 is 2.69 bits per heavy atom. The maximum Gasteiger partial charge on any atom is 0.204 e. The zero-order valence-electron chi connectivity index (χ0n) is 7.74. The van der Waals surface area contributed by atoms with Gasteiger partial charge in [-0.1, -0.05) is 12.1 Å². The van der Waals surface area contributed by atoms with Gasteiger partial charge in [0, 0.05) is 18.4 Å². The summed E-state index contributed by atoms with van der Waals surface area (Å²) < 4.78 is 1.93. The quantitative estimate of drug-likeness (QED) is 0.547. The second-order valence-corrected chi connectivity index (χ2v) is 3.23. The van der Waals surface area contributed by atoms with E-state index in [4.69, 9.17) is 0 Å². The average Bonchev–Trinajstić information content (AvgIpc) is 2.12. The van der Waals surface area contributed by atoms with Crippen LogP contribution in [0.3, 0.4) is 0 Å². The van der Waals surface area contributed by atoms with Gasteiger partial charge in [-0.2, -0.15) is 4.57 Å². The molecule has 2 heteroatoms. The molecule has 0 saturated carbocycles. The largest absolute Gasteiger partial charge is 0.868 e. The molecule has 2 rings (SSSR count). The van der Waals surface area contributed by atoms with Crippen LogP contribution in [0, 0.1) is 6.92 Å². The number of fused-ring (bicyclic) bond motifs is 1. The summed E-state index contributed by atoms with van der Waals surface area (Å²) in [6, 6.07) is 9.34. The zero-order valence-corrected chi connectivity index (χ0v) is 7.74. The van der Waals surface area contributed by atoms with Crippen LogP contribution in [0.1, 0.15) is 5.69 Å². The Balaban J connectivity index is 2.97. The van der Waals surface area contributed by atoms with Crippen LogP contribution in [0.4, 0.5) is 0 Å². The van der Waals surface area contributed by atoms with E-state index in [1.807, 2.05) is 36.7 Å². The average molecular weight is 173 g/mol. The molecule has 2 nitrogen and oxygen atoms in total.